The van der Waals surface area contributed by atoms with Gasteiger partial charge >= 0.3 is 6.09 Å². The van der Waals surface area contributed by atoms with Crippen LogP contribution < -0.4 is 11.1 Å². The Labute approximate surface area is 170 Å². The summed E-state index contributed by atoms with van der Waals surface area (Å²) in [4.78, 5) is 16.4. The molecule has 2 aliphatic rings. The molecule has 1 saturated carbocycles. The fourth-order valence-corrected chi connectivity index (χ4v) is 6.23. The van der Waals surface area contributed by atoms with Gasteiger partial charge in [-0.2, -0.15) is 4.99 Å². The minimum Gasteiger partial charge on any atom is -0.442 e. The molecule has 0 spiro atoms. The largest absolute Gasteiger partial charge is 0.442 e. The van der Waals surface area contributed by atoms with Crippen molar-refractivity contribution in [1.82, 2.24) is 5.32 Å². The lowest BCUT2D eigenvalue weighted by molar-refractivity contribution is 0.0602. The summed E-state index contributed by atoms with van der Waals surface area (Å²) in [5, 5.41) is 3.07. The lowest BCUT2D eigenvalue weighted by Gasteiger charge is -2.45. The fraction of sp³-hybridized carbons (Fsp3) is 0.600. The van der Waals surface area contributed by atoms with Crippen molar-refractivity contribution in [2.45, 2.75) is 63.3 Å². The van der Waals surface area contributed by atoms with E-state index < -0.39 is 37.6 Å². The average molecular weight is 426 g/mol. The summed E-state index contributed by atoms with van der Waals surface area (Å²) in [6.07, 6.45) is 0.543. The number of nitrogens with two attached hydrogens (primary N) is 1. The highest BCUT2D eigenvalue weighted by Gasteiger charge is 2.61. The Bertz CT molecular complexity index is 982. The molecule has 2 atom stereocenters. The van der Waals surface area contributed by atoms with Crippen LogP contribution in [-0.2, 0) is 20.1 Å². The maximum Gasteiger partial charge on any atom is 0.435 e. The third-order valence-electron chi connectivity index (χ3n) is 5.53. The first-order valence-corrected chi connectivity index (χ1v) is 11.2. The predicted molar refractivity (Wildman–Crippen MR) is 110 cm³/mol. The van der Waals surface area contributed by atoms with Crippen LogP contribution in [0.25, 0.3) is 0 Å². The Kier molecular flexibility index (Phi) is 4.97. The van der Waals surface area contributed by atoms with Crippen molar-refractivity contribution in [1.29, 1.82) is 0 Å². The molecule has 1 amide bonds. The number of hydrogen-bond acceptors (Lipinski definition) is 5. The number of nitrogens with zero attached hydrogens (tertiary/aromatic N) is 1. The van der Waals surface area contributed by atoms with Gasteiger partial charge in [-0.25, -0.2) is 17.6 Å². The second-order valence-corrected chi connectivity index (χ2v) is 11.6. The molecule has 0 radical (unpaired) electrons. The van der Waals surface area contributed by atoms with Gasteiger partial charge in [-0.3, -0.25) is 0 Å². The number of carbonyl (C=O) groups is 1. The van der Waals surface area contributed by atoms with Crippen molar-refractivity contribution in [3.05, 3.63) is 29.6 Å². The number of rotatable bonds is 2. The SMILES string of the molecule is CC(C)(C)OC(=O)/N=C1/N[C@](C)(c2cc(N)ccc2F)CS(=O)(=O)[C@@]1(C)C1CC1. The van der Waals surface area contributed by atoms with Crippen molar-refractivity contribution >= 4 is 27.5 Å². The maximum absolute atomic E-state index is 14.6. The summed E-state index contributed by atoms with van der Waals surface area (Å²) < 4.78 is 45.3. The summed E-state index contributed by atoms with van der Waals surface area (Å²) in [5.74, 6) is -1.10. The molecular weight excluding hydrogens is 397 g/mol. The number of nitrogens with one attached hydrogen (secondary N) is 1. The van der Waals surface area contributed by atoms with Crippen LogP contribution in [0.4, 0.5) is 14.9 Å². The van der Waals surface area contributed by atoms with Crippen LogP contribution in [0.5, 0.6) is 0 Å². The second kappa shape index (κ2) is 6.68. The lowest BCUT2D eigenvalue weighted by atomic mass is 9.90. The number of aliphatic imine (C=N–C) groups is 1. The van der Waals surface area contributed by atoms with Gasteiger partial charge in [0.1, 0.15) is 22.0 Å². The standard InChI is InChI=1S/C20H28FN3O4S/c1-18(2,3)28-17(25)23-16-20(5,12-6-7-12)29(26,27)11-19(4,24-16)14-10-13(22)8-9-15(14)21/h8-10,12H,6-7,11,22H2,1-5H3,(H,23,24,25)/t19-,20-/m0/s1. The molecular formula is C20H28FN3O4S. The molecule has 0 aromatic heterocycles. The molecule has 29 heavy (non-hydrogen) atoms. The van der Waals surface area contributed by atoms with Crippen molar-refractivity contribution in [3.63, 3.8) is 0 Å². The zero-order chi connectivity index (χ0) is 21.8. The summed E-state index contributed by atoms with van der Waals surface area (Å²) in [5.41, 5.74) is 4.10. The monoisotopic (exact) mass is 425 g/mol. The summed E-state index contributed by atoms with van der Waals surface area (Å²) in [6, 6.07) is 4.01. The third kappa shape index (κ3) is 3.97. The quantitative estimate of drug-likeness (QED) is 0.704. The lowest BCUT2D eigenvalue weighted by Crippen LogP contribution is -2.66. The molecule has 0 bridgehead atoms. The molecule has 1 aliphatic heterocycles. The van der Waals surface area contributed by atoms with E-state index in [0.29, 0.717) is 18.5 Å². The third-order valence-corrected chi connectivity index (χ3v) is 8.30. The minimum absolute atomic E-state index is 0.00942. The van der Waals surface area contributed by atoms with Crippen molar-refractivity contribution < 1.29 is 22.3 Å². The first kappa shape index (κ1) is 21.5. The van der Waals surface area contributed by atoms with Gasteiger partial charge in [0.05, 0.1) is 11.3 Å². The number of benzene rings is 1. The molecule has 1 aromatic rings. The number of nitrogen functional groups attached to an aromatic ring is 1. The zero-order valence-corrected chi connectivity index (χ0v) is 18.2. The Morgan fingerprint density at radius 3 is 2.48 bits per heavy atom. The molecule has 2 fully saturated rings. The highest BCUT2D eigenvalue weighted by Crippen LogP contribution is 2.49. The molecule has 1 aromatic carbocycles. The highest BCUT2D eigenvalue weighted by atomic mass is 32.2. The van der Waals surface area contributed by atoms with Gasteiger partial charge in [-0.1, -0.05) is 0 Å². The van der Waals surface area contributed by atoms with E-state index in [2.05, 4.69) is 10.3 Å². The van der Waals surface area contributed by atoms with Gasteiger partial charge in [-0.05, 0) is 71.6 Å². The van der Waals surface area contributed by atoms with Crippen LogP contribution in [0, 0.1) is 11.7 Å². The van der Waals surface area contributed by atoms with E-state index in [1.165, 1.54) is 18.2 Å². The van der Waals surface area contributed by atoms with Crippen LogP contribution in [-0.4, -0.2) is 36.4 Å². The first-order chi connectivity index (χ1) is 13.2. The van der Waals surface area contributed by atoms with E-state index in [-0.39, 0.29) is 23.1 Å². The van der Waals surface area contributed by atoms with Gasteiger partial charge < -0.3 is 15.8 Å². The second-order valence-electron chi connectivity index (χ2n) is 9.28. The Balaban J connectivity index is 2.12. The van der Waals surface area contributed by atoms with E-state index in [0.717, 1.165) is 0 Å². The summed E-state index contributed by atoms with van der Waals surface area (Å²) in [7, 11) is -3.79. The topological polar surface area (TPSA) is 111 Å². The molecule has 9 heteroatoms. The minimum atomic E-state index is -3.79. The van der Waals surface area contributed by atoms with Crippen LogP contribution in [0.15, 0.2) is 23.2 Å². The van der Waals surface area contributed by atoms with E-state index >= 15 is 0 Å². The number of amidine groups is 1. The van der Waals surface area contributed by atoms with Crippen molar-refractivity contribution in [3.8, 4) is 0 Å². The number of anilines is 1. The molecule has 3 N–H and O–H groups in total. The molecule has 7 nitrogen and oxygen atoms in total. The average Bonchev–Trinajstić information content (AvgIpc) is 3.37. The smallest absolute Gasteiger partial charge is 0.435 e. The Morgan fingerprint density at radius 2 is 1.93 bits per heavy atom. The molecule has 1 saturated heterocycles. The van der Waals surface area contributed by atoms with E-state index in [1.807, 2.05) is 0 Å². The van der Waals surface area contributed by atoms with Crippen LogP contribution in [0.3, 0.4) is 0 Å². The van der Waals surface area contributed by atoms with Gasteiger partial charge in [0.15, 0.2) is 9.84 Å². The van der Waals surface area contributed by atoms with Gasteiger partial charge in [-0.15, -0.1) is 0 Å². The van der Waals surface area contributed by atoms with Crippen LogP contribution in [0.1, 0.15) is 53.0 Å². The first-order valence-electron chi connectivity index (χ1n) is 9.56. The number of amides is 1. The van der Waals surface area contributed by atoms with Gasteiger partial charge in [0.25, 0.3) is 0 Å². The number of ether oxygens (including phenoxy) is 1. The summed E-state index contributed by atoms with van der Waals surface area (Å²) in [6.45, 7) is 8.23. The maximum atomic E-state index is 14.6. The Morgan fingerprint density at radius 1 is 1.31 bits per heavy atom. The number of halogens is 1. The normalized spacial score (nSPS) is 30.6. The van der Waals surface area contributed by atoms with Crippen LogP contribution in [0.2, 0.25) is 0 Å². The number of hydrogen-bond donors (Lipinski definition) is 2. The Hall–Kier alpha value is -2.16. The molecule has 0 unspecified atom stereocenters. The zero-order valence-electron chi connectivity index (χ0n) is 17.4. The van der Waals surface area contributed by atoms with Crippen LogP contribution >= 0.6 is 0 Å². The fourth-order valence-electron chi connectivity index (χ4n) is 3.81. The van der Waals surface area contributed by atoms with Gasteiger partial charge in [0, 0.05) is 11.3 Å². The number of carbonyl (C=O) groups excluding carboxylic acids is 1. The molecule has 160 valence electrons. The van der Waals surface area contributed by atoms with Gasteiger partial charge in [0.2, 0.25) is 0 Å². The highest BCUT2D eigenvalue weighted by molar-refractivity contribution is 7.93. The summed E-state index contributed by atoms with van der Waals surface area (Å²) >= 11 is 0. The van der Waals surface area contributed by atoms with E-state index in [9.17, 15) is 17.6 Å². The number of sulfone groups is 1. The molecule has 3 rings (SSSR count). The van der Waals surface area contributed by atoms with Crippen molar-refractivity contribution in [2.24, 2.45) is 10.9 Å². The van der Waals surface area contributed by atoms with Crippen molar-refractivity contribution in [2.75, 3.05) is 11.5 Å². The van der Waals surface area contributed by atoms with E-state index in [1.54, 1.807) is 34.6 Å². The van der Waals surface area contributed by atoms with E-state index in [4.69, 9.17) is 10.5 Å². The molecule has 1 heterocycles. The predicted octanol–water partition coefficient (Wildman–Crippen LogP) is 3.14. The molecule has 1 aliphatic carbocycles.